The zero-order valence-electron chi connectivity index (χ0n) is 10.8. The second-order valence-electron chi connectivity index (χ2n) is 4.42. The van der Waals surface area contributed by atoms with Gasteiger partial charge >= 0.3 is 5.97 Å². The minimum absolute atomic E-state index is 0.0319. The molecule has 0 saturated heterocycles. The summed E-state index contributed by atoms with van der Waals surface area (Å²) in [5.74, 6) is -1.36. The summed E-state index contributed by atoms with van der Waals surface area (Å²) >= 11 is 0. The number of nitrogens with one attached hydrogen (secondary N) is 1. The highest BCUT2D eigenvalue weighted by atomic mass is 16.4. The van der Waals surface area contributed by atoms with Crippen LogP contribution >= 0.6 is 0 Å². The minimum atomic E-state index is -1.16. The normalized spacial score (nSPS) is 11.3. The highest BCUT2D eigenvalue weighted by Gasteiger charge is 2.22. The molecule has 0 atom stereocenters. The fourth-order valence-corrected chi connectivity index (χ4v) is 1.42. The number of aromatic nitrogens is 3. The van der Waals surface area contributed by atoms with Crippen LogP contribution in [0.15, 0.2) is 6.20 Å². The standard InChI is InChI=1S/C11H18N4O3/c1-4-11(3,5-2)12-9(16)7-15-6-8(10(17)18)13-14-15/h6H,4-5,7H2,1-3H3,(H,12,16)(H,17,18). The molecule has 0 bridgehead atoms. The highest BCUT2D eigenvalue weighted by Crippen LogP contribution is 2.13. The SMILES string of the molecule is CCC(C)(CC)NC(=O)Cn1cc(C(=O)O)nn1. The lowest BCUT2D eigenvalue weighted by Gasteiger charge is -2.28. The number of carboxylic acids is 1. The van der Waals surface area contributed by atoms with E-state index in [2.05, 4.69) is 15.6 Å². The molecule has 0 aliphatic heterocycles. The number of carbonyl (C=O) groups excluding carboxylic acids is 1. The van der Waals surface area contributed by atoms with E-state index in [1.54, 1.807) is 0 Å². The Labute approximate surface area is 105 Å². The third-order valence-electron chi connectivity index (χ3n) is 3.07. The molecule has 18 heavy (non-hydrogen) atoms. The maximum absolute atomic E-state index is 11.8. The average molecular weight is 254 g/mol. The smallest absolute Gasteiger partial charge is 0.358 e. The monoisotopic (exact) mass is 254 g/mol. The molecule has 0 fully saturated rings. The van der Waals surface area contributed by atoms with Crippen LogP contribution in [0.4, 0.5) is 0 Å². The van der Waals surface area contributed by atoms with Crippen molar-refractivity contribution in [3.05, 3.63) is 11.9 Å². The Kier molecular flexibility index (Phi) is 4.41. The topological polar surface area (TPSA) is 97.1 Å². The number of carboxylic acid groups (broad SMARTS) is 1. The van der Waals surface area contributed by atoms with Gasteiger partial charge in [0.1, 0.15) is 6.54 Å². The zero-order chi connectivity index (χ0) is 13.8. The molecule has 7 heteroatoms. The lowest BCUT2D eigenvalue weighted by atomic mass is 9.95. The van der Waals surface area contributed by atoms with Crippen molar-refractivity contribution in [3.63, 3.8) is 0 Å². The van der Waals surface area contributed by atoms with Crippen molar-refractivity contribution in [3.8, 4) is 0 Å². The minimum Gasteiger partial charge on any atom is -0.476 e. The molecule has 1 heterocycles. The number of rotatable bonds is 6. The van der Waals surface area contributed by atoms with Gasteiger partial charge in [-0.15, -0.1) is 5.10 Å². The van der Waals surface area contributed by atoms with Crippen LogP contribution in [0.3, 0.4) is 0 Å². The van der Waals surface area contributed by atoms with Gasteiger partial charge in [-0.05, 0) is 19.8 Å². The van der Waals surface area contributed by atoms with Gasteiger partial charge in [0.05, 0.1) is 6.20 Å². The molecule has 0 spiro atoms. The van der Waals surface area contributed by atoms with Crippen LogP contribution in [-0.4, -0.2) is 37.5 Å². The first kappa shape index (κ1) is 14.1. The van der Waals surface area contributed by atoms with E-state index in [1.807, 2.05) is 20.8 Å². The Morgan fingerprint density at radius 3 is 2.50 bits per heavy atom. The van der Waals surface area contributed by atoms with E-state index in [0.717, 1.165) is 12.8 Å². The second-order valence-corrected chi connectivity index (χ2v) is 4.42. The van der Waals surface area contributed by atoms with Crippen molar-refractivity contribution in [2.24, 2.45) is 0 Å². The third-order valence-corrected chi connectivity index (χ3v) is 3.07. The summed E-state index contributed by atoms with van der Waals surface area (Å²) in [4.78, 5) is 22.4. The third kappa shape index (κ3) is 3.54. The molecular formula is C11H18N4O3. The van der Waals surface area contributed by atoms with E-state index in [-0.39, 0.29) is 23.7 Å². The van der Waals surface area contributed by atoms with Crippen molar-refractivity contribution < 1.29 is 14.7 Å². The summed E-state index contributed by atoms with van der Waals surface area (Å²) in [6.07, 6.45) is 2.89. The van der Waals surface area contributed by atoms with E-state index in [0.29, 0.717) is 0 Å². The molecule has 7 nitrogen and oxygen atoms in total. The van der Waals surface area contributed by atoms with Crippen molar-refractivity contribution >= 4 is 11.9 Å². The summed E-state index contributed by atoms with van der Waals surface area (Å²) in [6, 6.07) is 0. The first-order chi connectivity index (χ1) is 8.40. The summed E-state index contributed by atoms with van der Waals surface area (Å²) in [6.45, 7) is 5.94. The molecule has 0 aliphatic carbocycles. The van der Waals surface area contributed by atoms with Gasteiger partial charge in [-0.1, -0.05) is 19.1 Å². The molecule has 0 radical (unpaired) electrons. The van der Waals surface area contributed by atoms with E-state index in [9.17, 15) is 9.59 Å². The summed E-state index contributed by atoms with van der Waals surface area (Å²) in [5.41, 5.74) is -0.413. The molecule has 2 N–H and O–H groups in total. The Balaban J connectivity index is 2.61. The van der Waals surface area contributed by atoms with E-state index in [1.165, 1.54) is 10.9 Å². The number of carbonyl (C=O) groups is 2. The van der Waals surface area contributed by atoms with Crippen LogP contribution < -0.4 is 5.32 Å². The number of nitrogens with zero attached hydrogens (tertiary/aromatic N) is 3. The lowest BCUT2D eigenvalue weighted by Crippen LogP contribution is -2.46. The molecular weight excluding hydrogens is 236 g/mol. The number of aromatic carboxylic acids is 1. The van der Waals surface area contributed by atoms with Gasteiger partial charge in [0.2, 0.25) is 5.91 Å². The number of hydrogen-bond donors (Lipinski definition) is 2. The number of hydrogen-bond acceptors (Lipinski definition) is 4. The lowest BCUT2D eigenvalue weighted by molar-refractivity contribution is -0.123. The largest absolute Gasteiger partial charge is 0.476 e. The van der Waals surface area contributed by atoms with Crippen LogP contribution in [0, 0.1) is 0 Å². The molecule has 100 valence electrons. The molecule has 1 amide bonds. The van der Waals surface area contributed by atoms with Gasteiger partial charge in [-0.3, -0.25) is 4.79 Å². The fourth-order valence-electron chi connectivity index (χ4n) is 1.42. The predicted octanol–water partition coefficient (Wildman–Crippen LogP) is 0.671. The van der Waals surface area contributed by atoms with Gasteiger partial charge in [0.25, 0.3) is 0 Å². The predicted molar refractivity (Wildman–Crippen MR) is 64.1 cm³/mol. The molecule has 1 aromatic rings. The van der Waals surface area contributed by atoms with Crippen molar-refractivity contribution in [1.29, 1.82) is 0 Å². The van der Waals surface area contributed by atoms with Gasteiger partial charge in [0, 0.05) is 5.54 Å². The first-order valence-electron chi connectivity index (χ1n) is 5.84. The zero-order valence-corrected chi connectivity index (χ0v) is 10.8. The van der Waals surface area contributed by atoms with Crippen LogP contribution in [-0.2, 0) is 11.3 Å². The van der Waals surface area contributed by atoms with Crippen molar-refractivity contribution in [2.45, 2.75) is 45.7 Å². The van der Waals surface area contributed by atoms with Gasteiger partial charge < -0.3 is 10.4 Å². The molecule has 0 aliphatic rings. The van der Waals surface area contributed by atoms with Crippen molar-refractivity contribution in [2.75, 3.05) is 0 Å². The average Bonchev–Trinajstić information content (AvgIpc) is 2.77. The van der Waals surface area contributed by atoms with Crippen LogP contribution in [0.1, 0.15) is 44.1 Å². The first-order valence-corrected chi connectivity index (χ1v) is 5.84. The maximum atomic E-state index is 11.8. The Hall–Kier alpha value is -1.92. The quantitative estimate of drug-likeness (QED) is 0.777. The molecule has 0 unspecified atom stereocenters. The molecule has 0 aromatic carbocycles. The van der Waals surface area contributed by atoms with E-state index in [4.69, 9.17) is 5.11 Å². The van der Waals surface area contributed by atoms with Crippen molar-refractivity contribution in [1.82, 2.24) is 20.3 Å². The maximum Gasteiger partial charge on any atom is 0.358 e. The summed E-state index contributed by atoms with van der Waals surface area (Å²) in [7, 11) is 0. The Morgan fingerprint density at radius 1 is 1.44 bits per heavy atom. The molecule has 1 rings (SSSR count). The van der Waals surface area contributed by atoms with E-state index < -0.39 is 5.97 Å². The highest BCUT2D eigenvalue weighted by molar-refractivity contribution is 5.84. The second kappa shape index (κ2) is 5.61. The molecule has 0 saturated carbocycles. The number of amides is 1. The van der Waals surface area contributed by atoms with Crippen LogP contribution in [0.5, 0.6) is 0 Å². The van der Waals surface area contributed by atoms with Crippen LogP contribution in [0.25, 0.3) is 0 Å². The van der Waals surface area contributed by atoms with Gasteiger partial charge in [-0.25, -0.2) is 9.48 Å². The Morgan fingerprint density at radius 2 is 2.06 bits per heavy atom. The van der Waals surface area contributed by atoms with Crippen LogP contribution in [0.2, 0.25) is 0 Å². The summed E-state index contributed by atoms with van der Waals surface area (Å²) in [5, 5.41) is 18.6. The summed E-state index contributed by atoms with van der Waals surface area (Å²) < 4.78 is 1.21. The van der Waals surface area contributed by atoms with Gasteiger partial charge in [-0.2, -0.15) is 0 Å². The molecule has 1 aromatic heterocycles. The van der Waals surface area contributed by atoms with E-state index >= 15 is 0 Å². The Bertz CT molecular complexity index is 437. The fraction of sp³-hybridized carbons (Fsp3) is 0.636. The van der Waals surface area contributed by atoms with Gasteiger partial charge in [0.15, 0.2) is 5.69 Å².